The van der Waals surface area contributed by atoms with Gasteiger partial charge in [-0.15, -0.1) is 0 Å². The summed E-state index contributed by atoms with van der Waals surface area (Å²) in [5.74, 6) is 0.529. The number of anilines is 2. The number of carbonyl (C=O) groups is 1. The maximum Gasteiger partial charge on any atom is 0.410 e. The van der Waals surface area contributed by atoms with Crippen molar-refractivity contribution in [1.29, 1.82) is 0 Å². The van der Waals surface area contributed by atoms with Gasteiger partial charge in [0, 0.05) is 37.3 Å². The van der Waals surface area contributed by atoms with Crippen molar-refractivity contribution in [3.8, 4) is 0 Å². The third-order valence-corrected chi connectivity index (χ3v) is 3.99. The van der Waals surface area contributed by atoms with E-state index in [-0.39, 0.29) is 6.09 Å². The standard InChI is InChI=1S/C18H24N4O2/c1-18(2,3)24-17(23)22-10-8-21(9-11-22)14-5-6-15-13(12-14)4-7-16(19)20-15/h4-7,12H,8-11H2,1-3H3,(H2,19,20). The van der Waals surface area contributed by atoms with Crippen LogP contribution in [0.3, 0.4) is 0 Å². The van der Waals surface area contributed by atoms with Crippen LogP contribution in [-0.2, 0) is 4.74 Å². The number of nitrogens with zero attached hydrogens (tertiary/aromatic N) is 3. The number of ether oxygens (including phenoxy) is 1. The Hall–Kier alpha value is -2.50. The van der Waals surface area contributed by atoms with Crippen LogP contribution in [0.5, 0.6) is 0 Å². The first-order valence-electron chi connectivity index (χ1n) is 8.21. The van der Waals surface area contributed by atoms with Gasteiger partial charge in [0.25, 0.3) is 0 Å². The highest BCUT2D eigenvalue weighted by atomic mass is 16.6. The van der Waals surface area contributed by atoms with Crippen LogP contribution in [0.25, 0.3) is 10.9 Å². The number of hydrogen-bond acceptors (Lipinski definition) is 5. The summed E-state index contributed by atoms with van der Waals surface area (Å²) in [5, 5.41) is 1.07. The molecule has 1 aliphatic rings. The van der Waals surface area contributed by atoms with E-state index in [9.17, 15) is 4.79 Å². The predicted octanol–water partition coefficient (Wildman–Crippen LogP) is 2.87. The maximum atomic E-state index is 12.1. The van der Waals surface area contributed by atoms with Crippen molar-refractivity contribution in [2.45, 2.75) is 26.4 Å². The van der Waals surface area contributed by atoms with Crippen LogP contribution in [-0.4, -0.2) is 47.8 Å². The summed E-state index contributed by atoms with van der Waals surface area (Å²) in [6, 6.07) is 9.95. The Morgan fingerprint density at radius 1 is 1.12 bits per heavy atom. The molecule has 0 atom stereocenters. The molecule has 2 N–H and O–H groups in total. The number of carbonyl (C=O) groups excluding carboxylic acids is 1. The number of hydrogen-bond donors (Lipinski definition) is 1. The number of pyridine rings is 1. The second-order valence-corrected chi connectivity index (χ2v) is 7.07. The molecule has 1 aromatic carbocycles. The smallest absolute Gasteiger partial charge is 0.410 e. The summed E-state index contributed by atoms with van der Waals surface area (Å²) < 4.78 is 5.44. The van der Waals surface area contributed by atoms with Gasteiger partial charge in [-0.25, -0.2) is 9.78 Å². The molecule has 0 saturated carbocycles. The van der Waals surface area contributed by atoms with E-state index < -0.39 is 5.60 Å². The lowest BCUT2D eigenvalue weighted by Gasteiger charge is -2.36. The number of aromatic nitrogens is 1. The first kappa shape index (κ1) is 16.4. The number of amides is 1. The molecule has 2 aromatic rings. The summed E-state index contributed by atoms with van der Waals surface area (Å²) in [6.07, 6.45) is -0.236. The number of piperazine rings is 1. The minimum atomic E-state index is -0.457. The van der Waals surface area contributed by atoms with E-state index in [1.165, 1.54) is 0 Å². The van der Waals surface area contributed by atoms with E-state index >= 15 is 0 Å². The topological polar surface area (TPSA) is 71.7 Å². The molecule has 6 nitrogen and oxygen atoms in total. The van der Waals surface area contributed by atoms with Crippen molar-refractivity contribution in [2.75, 3.05) is 36.8 Å². The Labute approximate surface area is 142 Å². The summed E-state index contributed by atoms with van der Waals surface area (Å²) in [7, 11) is 0. The zero-order valence-electron chi connectivity index (χ0n) is 14.5. The zero-order valence-corrected chi connectivity index (χ0v) is 14.5. The Kier molecular flexibility index (Phi) is 4.22. The van der Waals surface area contributed by atoms with Crippen LogP contribution in [0.4, 0.5) is 16.3 Å². The lowest BCUT2D eigenvalue weighted by atomic mass is 10.1. The van der Waals surface area contributed by atoms with E-state index in [2.05, 4.69) is 22.0 Å². The maximum absolute atomic E-state index is 12.1. The van der Waals surface area contributed by atoms with Crippen molar-refractivity contribution >= 4 is 28.5 Å². The monoisotopic (exact) mass is 328 g/mol. The van der Waals surface area contributed by atoms with Crippen molar-refractivity contribution in [3.05, 3.63) is 30.3 Å². The van der Waals surface area contributed by atoms with Crippen LogP contribution >= 0.6 is 0 Å². The van der Waals surface area contributed by atoms with Gasteiger partial charge in [0.1, 0.15) is 11.4 Å². The van der Waals surface area contributed by atoms with Gasteiger partial charge in [-0.2, -0.15) is 0 Å². The first-order chi connectivity index (χ1) is 11.3. The molecule has 0 unspecified atom stereocenters. The van der Waals surface area contributed by atoms with Crippen LogP contribution in [0.15, 0.2) is 30.3 Å². The minimum absolute atomic E-state index is 0.236. The molecular formula is C18H24N4O2. The van der Waals surface area contributed by atoms with Gasteiger partial charge in [0.15, 0.2) is 0 Å². The number of rotatable bonds is 1. The highest BCUT2D eigenvalue weighted by molar-refractivity contribution is 5.83. The lowest BCUT2D eigenvalue weighted by Crippen LogP contribution is -2.50. The second-order valence-electron chi connectivity index (χ2n) is 7.07. The molecule has 128 valence electrons. The number of nitrogen functional groups attached to an aromatic ring is 1. The lowest BCUT2D eigenvalue weighted by molar-refractivity contribution is 0.0240. The predicted molar refractivity (Wildman–Crippen MR) is 96.2 cm³/mol. The SMILES string of the molecule is CC(C)(C)OC(=O)N1CCN(c2ccc3nc(N)ccc3c2)CC1. The fraction of sp³-hybridized carbons (Fsp3) is 0.444. The van der Waals surface area contributed by atoms with Gasteiger partial charge in [-0.1, -0.05) is 0 Å². The molecule has 1 aromatic heterocycles. The molecule has 1 amide bonds. The molecule has 3 rings (SSSR count). The number of fused-ring (bicyclic) bond motifs is 1. The zero-order chi connectivity index (χ0) is 17.3. The molecule has 1 aliphatic heterocycles. The quantitative estimate of drug-likeness (QED) is 0.871. The second kappa shape index (κ2) is 6.19. The van der Waals surface area contributed by atoms with Gasteiger partial charge in [-0.3, -0.25) is 0 Å². The number of benzene rings is 1. The highest BCUT2D eigenvalue weighted by Gasteiger charge is 2.25. The molecule has 0 spiro atoms. The molecular weight excluding hydrogens is 304 g/mol. The van der Waals surface area contributed by atoms with Crippen molar-refractivity contribution in [3.63, 3.8) is 0 Å². The Balaban J connectivity index is 1.66. The van der Waals surface area contributed by atoms with E-state index in [0.29, 0.717) is 18.9 Å². The summed E-state index contributed by atoms with van der Waals surface area (Å²) in [5.41, 5.74) is 7.30. The third-order valence-electron chi connectivity index (χ3n) is 3.99. The minimum Gasteiger partial charge on any atom is -0.444 e. The van der Waals surface area contributed by atoms with E-state index in [0.717, 1.165) is 29.7 Å². The molecule has 0 bridgehead atoms. The Morgan fingerprint density at radius 3 is 2.50 bits per heavy atom. The van der Waals surface area contributed by atoms with Crippen LogP contribution < -0.4 is 10.6 Å². The number of nitrogens with two attached hydrogens (primary N) is 1. The van der Waals surface area contributed by atoms with Crippen molar-refractivity contribution in [1.82, 2.24) is 9.88 Å². The van der Waals surface area contributed by atoms with Crippen molar-refractivity contribution in [2.24, 2.45) is 0 Å². The summed E-state index contributed by atoms with van der Waals surface area (Å²) in [6.45, 7) is 8.55. The van der Waals surface area contributed by atoms with Gasteiger partial charge in [-0.05, 0) is 51.1 Å². The molecule has 1 fully saturated rings. The normalized spacial score (nSPS) is 15.6. The first-order valence-corrected chi connectivity index (χ1v) is 8.21. The average Bonchev–Trinajstić information content (AvgIpc) is 2.53. The van der Waals surface area contributed by atoms with Crippen LogP contribution in [0.2, 0.25) is 0 Å². The molecule has 0 radical (unpaired) electrons. The van der Waals surface area contributed by atoms with Gasteiger partial charge < -0.3 is 20.3 Å². The fourth-order valence-corrected chi connectivity index (χ4v) is 2.80. The van der Waals surface area contributed by atoms with E-state index in [1.807, 2.05) is 39.0 Å². The largest absolute Gasteiger partial charge is 0.444 e. The molecule has 0 aliphatic carbocycles. The molecule has 2 heterocycles. The van der Waals surface area contributed by atoms with Gasteiger partial charge in [0.2, 0.25) is 0 Å². The van der Waals surface area contributed by atoms with Gasteiger partial charge in [0.05, 0.1) is 5.52 Å². The van der Waals surface area contributed by atoms with Crippen LogP contribution in [0, 0.1) is 0 Å². The molecule has 6 heteroatoms. The van der Waals surface area contributed by atoms with Crippen molar-refractivity contribution < 1.29 is 9.53 Å². The van der Waals surface area contributed by atoms with Gasteiger partial charge >= 0.3 is 6.09 Å². The molecule has 1 saturated heterocycles. The fourth-order valence-electron chi connectivity index (χ4n) is 2.80. The Morgan fingerprint density at radius 2 is 1.83 bits per heavy atom. The Bertz CT molecular complexity index is 746. The summed E-state index contributed by atoms with van der Waals surface area (Å²) in [4.78, 5) is 20.5. The van der Waals surface area contributed by atoms with Crippen LogP contribution in [0.1, 0.15) is 20.8 Å². The average molecular weight is 328 g/mol. The summed E-state index contributed by atoms with van der Waals surface area (Å²) >= 11 is 0. The van der Waals surface area contributed by atoms with E-state index in [4.69, 9.17) is 10.5 Å². The molecule has 24 heavy (non-hydrogen) atoms. The van der Waals surface area contributed by atoms with E-state index in [1.54, 1.807) is 4.90 Å². The third kappa shape index (κ3) is 3.69. The highest BCUT2D eigenvalue weighted by Crippen LogP contribution is 2.23.